The maximum atomic E-state index is 13.2. The van der Waals surface area contributed by atoms with E-state index >= 15 is 0 Å². The summed E-state index contributed by atoms with van der Waals surface area (Å²) in [6.07, 6.45) is 0.303. The molecule has 11 heteroatoms. The van der Waals surface area contributed by atoms with Gasteiger partial charge in [0.05, 0.1) is 31.0 Å². The number of nitrogens with zero attached hydrogens (tertiary/aromatic N) is 3. The first-order valence-electron chi connectivity index (χ1n) is 14.6. The lowest BCUT2D eigenvalue weighted by atomic mass is 9.92. The van der Waals surface area contributed by atoms with Gasteiger partial charge in [-0.25, -0.2) is 4.79 Å². The summed E-state index contributed by atoms with van der Waals surface area (Å²) < 4.78 is 44.0. The third-order valence-electron chi connectivity index (χ3n) is 8.21. The number of benzene rings is 3. The van der Waals surface area contributed by atoms with Gasteiger partial charge >= 0.3 is 12.1 Å². The van der Waals surface area contributed by atoms with Crippen LogP contribution in [0.1, 0.15) is 46.8 Å². The fourth-order valence-corrected chi connectivity index (χ4v) is 5.69. The molecule has 1 N–H and O–H groups in total. The summed E-state index contributed by atoms with van der Waals surface area (Å²) in [5.41, 5.74) is 5.30. The second kappa shape index (κ2) is 12.7. The lowest BCUT2D eigenvalue weighted by Crippen LogP contribution is -2.37. The minimum absolute atomic E-state index is 0.210. The Hall–Kier alpha value is -4.74. The number of halogens is 3. The number of aromatic nitrogens is 2. The number of fused-ring (bicyclic) bond motifs is 1. The number of nitrogens with one attached hydrogen (secondary N) is 1. The summed E-state index contributed by atoms with van der Waals surface area (Å²) in [6.45, 7) is 5.34. The molecule has 3 aromatic carbocycles. The van der Waals surface area contributed by atoms with Gasteiger partial charge in [-0.3, -0.25) is 14.8 Å². The number of H-pyrrole nitrogens is 1. The summed E-state index contributed by atoms with van der Waals surface area (Å²) >= 11 is 0. The molecular weight excluding hydrogens is 585 g/mol. The Morgan fingerprint density at radius 1 is 1.02 bits per heavy atom. The average molecular weight is 617 g/mol. The molecule has 2 fully saturated rings. The number of morpholine rings is 1. The van der Waals surface area contributed by atoms with E-state index in [1.165, 1.54) is 5.56 Å². The van der Waals surface area contributed by atoms with Gasteiger partial charge in [-0.05, 0) is 53.5 Å². The number of carbonyl (C=O) groups excluding carboxylic acids is 2. The molecule has 2 atom stereocenters. The van der Waals surface area contributed by atoms with Crippen LogP contribution in [0.4, 0.5) is 13.2 Å². The maximum Gasteiger partial charge on any atom is 0.493 e. The summed E-state index contributed by atoms with van der Waals surface area (Å²) in [5, 5.41) is 8.81. The summed E-state index contributed by atoms with van der Waals surface area (Å²) in [6, 6.07) is 23.1. The first-order chi connectivity index (χ1) is 21.7. The molecule has 2 aliphatic rings. The molecule has 0 radical (unpaired) electrons. The molecule has 0 spiro atoms. The average Bonchev–Trinajstić information content (AvgIpc) is 3.60. The molecule has 0 aliphatic carbocycles. The number of carbonyl (C=O) groups is 2. The number of alkyl halides is 3. The first-order valence-corrected chi connectivity index (χ1v) is 14.6. The van der Waals surface area contributed by atoms with Crippen LogP contribution >= 0.6 is 0 Å². The van der Waals surface area contributed by atoms with Gasteiger partial charge in [-0.2, -0.15) is 23.3 Å². The molecule has 0 bridgehead atoms. The normalized spacial score (nSPS) is 19.6. The van der Waals surface area contributed by atoms with E-state index in [-0.39, 0.29) is 12.1 Å². The number of hydroxylamine groups is 2. The van der Waals surface area contributed by atoms with Crippen LogP contribution in [0.3, 0.4) is 0 Å². The van der Waals surface area contributed by atoms with E-state index in [9.17, 15) is 22.8 Å². The van der Waals surface area contributed by atoms with Gasteiger partial charge in [0.1, 0.15) is 0 Å². The van der Waals surface area contributed by atoms with E-state index in [1.54, 1.807) is 36.4 Å². The van der Waals surface area contributed by atoms with E-state index in [0.717, 1.165) is 48.5 Å². The maximum absolute atomic E-state index is 13.2. The lowest BCUT2D eigenvalue weighted by Gasteiger charge is -2.32. The largest absolute Gasteiger partial charge is 0.493 e. The van der Waals surface area contributed by atoms with Gasteiger partial charge in [0.2, 0.25) is 0 Å². The van der Waals surface area contributed by atoms with E-state index in [1.807, 2.05) is 30.4 Å². The van der Waals surface area contributed by atoms with Crippen molar-refractivity contribution < 1.29 is 32.3 Å². The molecule has 6 rings (SSSR count). The third kappa shape index (κ3) is 6.69. The SMILES string of the molecule is CC(c1ccc(/C=C/c2n[nH]c3cc(/C=C4/C(=O)N(OC(=O)C(F)(F)F)CC4c4ccccc4)ccc23)cc1)N1CCOCC1. The summed E-state index contributed by atoms with van der Waals surface area (Å²) in [5.74, 6) is -3.85. The highest BCUT2D eigenvalue weighted by Gasteiger charge is 2.46. The van der Waals surface area contributed by atoms with Gasteiger partial charge in [0, 0.05) is 36.0 Å². The highest BCUT2D eigenvalue weighted by Crippen LogP contribution is 2.36. The Morgan fingerprint density at radius 2 is 1.73 bits per heavy atom. The Kier molecular flexibility index (Phi) is 8.55. The second-order valence-corrected chi connectivity index (χ2v) is 11.0. The van der Waals surface area contributed by atoms with Crippen LogP contribution in [0, 0.1) is 0 Å². The van der Waals surface area contributed by atoms with E-state index in [0.29, 0.717) is 22.2 Å². The minimum atomic E-state index is -5.22. The summed E-state index contributed by atoms with van der Waals surface area (Å²) in [7, 11) is 0. The van der Waals surface area contributed by atoms with Crippen molar-refractivity contribution in [3.05, 3.63) is 106 Å². The third-order valence-corrected chi connectivity index (χ3v) is 8.21. The van der Waals surface area contributed by atoms with Crippen molar-refractivity contribution in [3.63, 3.8) is 0 Å². The Bertz CT molecular complexity index is 1740. The van der Waals surface area contributed by atoms with Crippen molar-refractivity contribution in [1.29, 1.82) is 0 Å². The van der Waals surface area contributed by atoms with E-state index in [4.69, 9.17) is 4.74 Å². The number of rotatable bonds is 7. The van der Waals surface area contributed by atoms with Gasteiger partial charge in [-0.1, -0.05) is 66.7 Å². The van der Waals surface area contributed by atoms with Crippen molar-refractivity contribution in [2.75, 3.05) is 32.8 Å². The summed E-state index contributed by atoms with van der Waals surface area (Å²) in [4.78, 5) is 31.5. The zero-order chi connectivity index (χ0) is 31.6. The number of ether oxygens (including phenoxy) is 1. The lowest BCUT2D eigenvalue weighted by molar-refractivity contribution is -0.233. The fourth-order valence-electron chi connectivity index (χ4n) is 5.69. The van der Waals surface area contributed by atoms with Crippen LogP contribution in [-0.2, 0) is 19.2 Å². The molecule has 2 aliphatic heterocycles. The van der Waals surface area contributed by atoms with Crippen molar-refractivity contribution in [2.45, 2.75) is 25.1 Å². The number of hydrogen-bond donors (Lipinski definition) is 1. The monoisotopic (exact) mass is 616 g/mol. The molecule has 2 unspecified atom stereocenters. The van der Waals surface area contributed by atoms with Crippen molar-refractivity contribution in [2.24, 2.45) is 0 Å². The van der Waals surface area contributed by atoms with Crippen molar-refractivity contribution >= 4 is 41.0 Å². The molecule has 0 saturated carbocycles. The Morgan fingerprint density at radius 3 is 2.44 bits per heavy atom. The number of aromatic amines is 1. The number of amides is 1. The molecular formula is C34H31F3N4O4. The van der Waals surface area contributed by atoms with Crippen LogP contribution in [0.5, 0.6) is 0 Å². The highest BCUT2D eigenvalue weighted by molar-refractivity contribution is 6.02. The molecule has 2 saturated heterocycles. The van der Waals surface area contributed by atoms with Crippen LogP contribution in [-0.4, -0.2) is 71.1 Å². The second-order valence-electron chi connectivity index (χ2n) is 11.0. The van der Waals surface area contributed by atoms with Crippen LogP contribution < -0.4 is 0 Å². The molecule has 1 amide bonds. The predicted octanol–water partition coefficient (Wildman–Crippen LogP) is 6.16. The standard InChI is InChI=1S/C34H31F3N4O4/c1-22(40-15-17-44-18-16-40)25-11-7-23(8-12-25)10-14-30-27-13-9-24(20-31(27)39-38-30)19-28-29(26-5-3-2-4-6-26)21-41(32(28)42)45-33(43)34(35,36)37/h2-14,19-20,22,29H,15-18,21H2,1H3,(H,38,39)/b14-10+,28-19+. The van der Waals surface area contributed by atoms with E-state index in [2.05, 4.69) is 51.1 Å². The van der Waals surface area contributed by atoms with Gasteiger partial charge < -0.3 is 9.57 Å². The Labute approximate surface area is 257 Å². The van der Waals surface area contributed by atoms with Gasteiger partial charge in [0.25, 0.3) is 5.91 Å². The molecule has 4 aromatic rings. The zero-order valence-corrected chi connectivity index (χ0v) is 24.5. The Balaban J connectivity index is 1.21. The first kappa shape index (κ1) is 30.3. The van der Waals surface area contributed by atoms with Crippen LogP contribution in [0.25, 0.3) is 29.1 Å². The zero-order valence-electron chi connectivity index (χ0n) is 24.5. The highest BCUT2D eigenvalue weighted by atomic mass is 19.4. The smallest absolute Gasteiger partial charge is 0.379 e. The minimum Gasteiger partial charge on any atom is -0.379 e. The van der Waals surface area contributed by atoms with Crippen molar-refractivity contribution in [3.8, 4) is 0 Å². The molecule has 232 valence electrons. The fraction of sp³-hybridized carbons (Fsp3) is 0.265. The molecule has 1 aromatic heterocycles. The quantitative estimate of drug-likeness (QED) is 0.251. The molecule has 8 nitrogen and oxygen atoms in total. The molecule has 45 heavy (non-hydrogen) atoms. The van der Waals surface area contributed by atoms with Crippen LogP contribution in [0.2, 0.25) is 0 Å². The topological polar surface area (TPSA) is 87.8 Å². The molecule has 3 heterocycles. The van der Waals surface area contributed by atoms with Gasteiger partial charge in [-0.15, -0.1) is 0 Å². The predicted molar refractivity (Wildman–Crippen MR) is 163 cm³/mol. The van der Waals surface area contributed by atoms with Crippen LogP contribution in [0.15, 0.2) is 78.4 Å². The van der Waals surface area contributed by atoms with Crippen molar-refractivity contribution in [1.82, 2.24) is 20.2 Å². The number of hydrogen-bond acceptors (Lipinski definition) is 6. The van der Waals surface area contributed by atoms with Gasteiger partial charge in [0.15, 0.2) is 0 Å². The van der Waals surface area contributed by atoms with E-state index < -0.39 is 24.0 Å².